The van der Waals surface area contributed by atoms with Crippen LogP contribution < -0.4 is 4.74 Å². The molecule has 32 heavy (non-hydrogen) atoms. The van der Waals surface area contributed by atoms with Crippen LogP contribution >= 0.6 is 0 Å². The summed E-state index contributed by atoms with van der Waals surface area (Å²) in [7, 11) is -2.32. The molecule has 2 aromatic rings. The van der Waals surface area contributed by atoms with Crippen LogP contribution in [-0.4, -0.2) is 49.8 Å². The Balaban J connectivity index is 1.92. The molecule has 0 unspecified atom stereocenters. The third-order valence-electron chi connectivity index (χ3n) is 5.98. The van der Waals surface area contributed by atoms with Gasteiger partial charge < -0.3 is 9.64 Å². The number of benzene rings is 2. The maximum atomic E-state index is 13.5. The predicted octanol–water partition coefficient (Wildman–Crippen LogP) is 4.65. The van der Waals surface area contributed by atoms with E-state index in [4.69, 9.17) is 4.74 Å². The molecule has 3 rings (SSSR count). The first-order chi connectivity index (χ1) is 15.2. The van der Waals surface area contributed by atoms with Crippen LogP contribution in [0.5, 0.6) is 5.75 Å². The molecule has 0 radical (unpaired) electrons. The first-order valence-corrected chi connectivity index (χ1v) is 12.7. The van der Waals surface area contributed by atoms with Gasteiger partial charge in [0, 0.05) is 31.2 Å². The van der Waals surface area contributed by atoms with Gasteiger partial charge in [0.05, 0.1) is 7.11 Å². The van der Waals surface area contributed by atoms with Crippen molar-refractivity contribution >= 4 is 15.9 Å². The third-order valence-corrected chi connectivity index (χ3v) is 8.05. The highest BCUT2D eigenvalue weighted by Gasteiger charge is 2.34. The van der Waals surface area contributed by atoms with E-state index in [1.807, 2.05) is 4.90 Å². The fraction of sp³-hybridized carbons (Fsp3) is 0.480. The molecule has 6 nitrogen and oxygen atoms in total. The molecule has 0 aromatic heterocycles. The van der Waals surface area contributed by atoms with E-state index in [9.17, 15) is 13.2 Å². The molecule has 1 fully saturated rings. The van der Waals surface area contributed by atoms with Gasteiger partial charge in [-0.3, -0.25) is 4.79 Å². The molecule has 1 amide bonds. The minimum atomic E-state index is -3.76. The van der Waals surface area contributed by atoms with Crippen LogP contribution in [0.25, 0.3) is 0 Å². The molecule has 1 saturated carbocycles. The Morgan fingerprint density at radius 3 is 2.19 bits per heavy atom. The normalized spacial score (nSPS) is 14.1. The van der Waals surface area contributed by atoms with Crippen LogP contribution in [0.15, 0.2) is 47.4 Å². The Labute approximate surface area is 192 Å². The van der Waals surface area contributed by atoms with E-state index < -0.39 is 10.0 Å². The summed E-state index contributed by atoms with van der Waals surface area (Å²) in [6.07, 6.45) is 1.94. The largest absolute Gasteiger partial charge is 0.495 e. The maximum absolute atomic E-state index is 13.5. The number of ether oxygens (including phenoxy) is 1. The monoisotopic (exact) mass is 458 g/mol. The average Bonchev–Trinajstić information content (AvgIpc) is 3.62. The van der Waals surface area contributed by atoms with Crippen LogP contribution in [0.3, 0.4) is 0 Å². The summed E-state index contributed by atoms with van der Waals surface area (Å²) < 4.78 is 33.0. The van der Waals surface area contributed by atoms with Crippen molar-refractivity contribution in [1.29, 1.82) is 0 Å². The fourth-order valence-corrected chi connectivity index (χ4v) is 5.48. The van der Waals surface area contributed by atoms with Gasteiger partial charge in [-0.2, -0.15) is 4.31 Å². The van der Waals surface area contributed by atoms with E-state index >= 15 is 0 Å². The Hall–Kier alpha value is -2.38. The summed E-state index contributed by atoms with van der Waals surface area (Å²) in [4.78, 5) is 15.4. The highest BCUT2D eigenvalue weighted by atomic mass is 32.2. The summed E-state index contributed by atoms with van der Waals surface area (Å²) in [5.41, 5.74) is 2.70. The molecule has 0 atom stereocenters. The van der Waals surface area contributed by atoms with E-state index in [-0.39, 0.29) is 22.6 Å². The lowest BCUT2D eigenvalue weighted by Gasteiger charge is -2.24. The van der Waals surface area contributed by atoms with Gasteiger partial charge in [0.2, 0.25) is 10.0 Å². The first-order valence-electron chi connectivity index (χ1n) is 11.3. The minimum absolute atomic E-state index is 0.0339. The van der Waals surface area contributed by atoms with Crippen molar-refractivity contribution in [3.63, 3.8) is 0 Å². The molecule has 0 saturated heterocycles. The zero-order chi connectivity index (χ0) is 23.5. The number of rotatable bonds is 10. The van der Waals surface area contributed by atoms with Gasteiger partial charge in [-0.25, -0.2) is 8.42 Å². The van der Waals surface area contributed by atoms with Crippen molar-refractivity contribution in [2.75, 3.05) is 20.2 Å². The summed E-state index contributed by atoms with van der Waals surface area (Å²) in [5.74, 6) is 0.547. The number of carbonyl (C=O) groups excluding carboxylic acids is 1. The number of hydrogen-bond acceptors (Lipinski definition) is 4. The quantitative estimate of drug-likeness (QED) is 0.520. The Bertz CT molecular complexity index is 1040. The second-order valence-electron chi connectivity index (χ2n) is 8.52. The Morgan fingerprint density at radius 2 is 1.69 bits per heavy atom. The van der Waals surface area contributed by atoms with Gasteiger partial charge in [0.1, 0.15) is 10.6 Å². The first kappa shape index (κ1) is 24.3. The van der Waals surface area contributed by atoms with Gasteiger partial charge in [-0.15, -0.1) is 0 Å². The van der Waals surface area contributed by atoms with Gasteiger partial charge >= 0.3 is 0 Å². The van der Waals surface area contributed by atoms with E-state index in [2.05, 4.69) is 38.1 Å². The third kappa shape index (κ3) is 5.15. The van der Waals surface area contributed by atoms with Gasteiger partial charge in [-0.05, 0) is 48.1 Å². The standard InChI is InChI=1S/C25H34N2O4S/c1-6-26(7-2)32(29,30)24-16-21(12-15-23(24)31-5)25(28)27(22-13-14-22)17-19-8-10-20(11-9-19)18(3)4/h8-12,15-16,18,22H,6-7,13-14,17H2,1-5H3. The summed E-state index contributed by atoms with van der Waals surface area (Å²) >= 11 is 0. The van der Waals surface area contributed by atoms with E-state index in [1.165, 1.54) is 23.0 Å². The highest BCUT2D eigenvalue weighted by Crippen LogP contribution is 2.33. The minimum Gasteiger partial charge on any atom is -0.495 e. The van der Waals surface area contributed by atoms with E-state index in [1.54, 1.807) is 26.0 Å². The molecule has 1 aliphatic rings. The number of nitrogens with zero attached hydrogens (tertiary/aromatic N) is 2. The van der Waals surface area contributed by atoms with Crippen molar-refractivity contribution in [2.45, 2.75) is 63.9 Å². The van der Waals surface area contributed by atoms with Crippen molar-refractivity contribution < 1.29 is 17.9 Å². The zero-order valence-electron chi connectivity index (χ0n) is 19.7. The number of hydrogen-bond donors (Lipinski definition) is 0. The van der Waals surface area contributed by atoms with Crippen LogP contribution in [0.2, 0.25) is 0 Å². The summed E-state index contributed by atoms with van der Waals surface area (Å²) in [6.45, 7) is 9.10. The number of sulfonamides is 1. The van der Waals surface area contributed by atoms with Crippen LogP contribution in [0, 0.1) is 0 Å². The smallest absolute Gasteiger partial charge is 0.254 e. The fourth-order valence-electron chi connectivity index (χ4n) is 3.84. The number of carbonyl (C=O) groups is 1. The molecule has 1 aliphatic carbocycles. The molecule has 0 aliphatic heterocycles. The molecular formula is C25H34N2O4S. The van der Waals surface area contributed by atoms with E-state index in [0.717, 1.165) is 18.4 Å². The van der Waals surface area contributed by atoms with E-state index in [0.29, 0.717) is 31.1 Å². The molecule has 7 heteroatoms. The van der Waals surface area contributed by atoms with Gasteiger partial charge in [-0.1, -0.05) is 52.0 Å². The molecule has 174 valence electrons. The van der Waals surface area contributed by atoms with Crippen molar-refractivity contribution in [3.05, 3.63) is 59.2 Å². The summed E-state index contributed by atoms with van der Waals surface area (Å²) in [5, 5.41) is 0. The Kier molecular flexibility index (Phi) is 7.62. The highest BCUT2D eigenvalue weighted by molar-refractivity contribution is 7.89. The van der Waals surface area contributed by atoms with Gasteiger partial charge in [0.15, 0.2) is 0 Å². The van der Waals surface area contributed by atoms with Crippen LogP contribution in [-0.2, 0) is 16.6 Å². The molecule has 2 aromatic carbocycles. The van der Waals surface area contributed by atoms with Crippen LogP contribution in [0.4, 0.5) is 0 Å². The SMILES string of the molecule is CCN(CC)S(=O)(=O)c1cc(C(=O)N(Cc2ccc(C(C)C)cc2)C2CC2)ccc1OC. The summed E-state index contributed by atoms with van der Waals surface area (Å²) in [6, 6.07) is 13.2. The van der Waals surface area contributed by atoms with Crippen LogP contribution in [0.1, 0.15) is 67.9 Å². The molecule has 0 N–H and O–H groups in total. The van der Waals surface area contributed by atoms with Crippen molar-refractivity contribution in [2.24, 2.45) is 0 Å². The topological polar surface area (TPSA) is 66.9 Å². The average molecular weight is 459 g/mol. The number of methoxy groups -OCH3 is 1. The lowest BCUT2D eigenvalue weighted by atomic mass is 10.0. The lowest BCUT2D eigenvalue weighted by Crippen LogP contribution is -2.33. The number of amides is 1. The maximum Gasteiger partial charge on any atom is 0.254 e. The second-order valence-corrected chi connectivity index (χ2v) is 10.4. The molecule has 0 heterocycles. The van der Waals surface area contributed by atoms with Gasteiger partial charge in [0.25, 0.3) is 5.91 Å². The second kappa shape index (κ2) is 10.0. The molecule has 0 spiro atoms. The molecular weight excluding hydrogens is 424 g/mol. The predicted molar refractivity (Wildman–Crippen MR) is 127 cm³/mol. The lowest BCUT2D eigenvalue weighted by molar-refractivity contribution is 0.0729. The zero-order valence-corrected chi connectivity index (χ0v) is 20.5. The Morgan fingerprint density at radius 1 is 1.06 bits per heavy atom. The van der Waals surface area contributed by atoms with Crippen molar-refractivity contribution in [3.8, 4) is 5.75 Å². The molecule has 0 bridgehead atoms. The van der Waals surface area contributed by atoms with Crippen molar-refractivity contribution in [1.82, 2.24) is 9.21 Å².